The highest BCUT2D eigenvalue weighted by atomic mass is 16.5. The Labute approximate surface area is 143 Å². The zero-order valence-electron chi connectivity index (χ0n) is 14.0. The molecule has 0 amide bonds. The topological polar surface area (TPSA) is 48.3 Å². The van der Waals surface area contributed by atoms with Crippen LogP contribution >= 0.6 is 0 Å². The third-order valence-electron chi connectivity index (χ3n) is 4.44. The lowest BCUT2D eigenvalue weighted by atomic mass is 10.1. The van der Waals surface area contributed by atoms with E-state index in [1.807, 2.05) is 24.3 Å². The first-order valence-corrected chi connectivity index (χ1v) is 8.41. The number of benzene rings is 2. The molecule has 0 radical (unpaired) electrons. The predicted molar refractivity (Wildman–Crippen MR) is 95.9 cm³/mol. The van der Waals surface area contributed by atoms with Gasteiger partial charge in [0.2, 0.25) is 0 Å². The fourth-order valence-corrected chi connectivity index (χ4v) is 2.93. The Balaban J connectivity index is 1.58. The van der Waals surface area contributed by atoms with Crippen LogP contribution in [-0.4, -0.2) is 26.3 Å². The zero-order valence-corrected chi connectivity index (χ0v) is 14.0. The number of ether oxygens (including phenoxy) is 1. The van der Waals surface area contributed by atoms with Crippen LogP contribution in [0.25, 0.3) is 0 Å². The van der Waals surface area contributed by atoms with Gasteiger partial charge in [-0.1, -0.05) is 24.3 Å². The van der Waals surface area contributed by atoms with Crippen LogP contribution in [0.4, 0.5) is 5.69 Å². The molecule has 1 unspecified atom stereocenters. The van der Waals surface area contributed by atoms with E-state index in [0.717, 1.165) is 38.4 Å². The van der Waals surface area contributed by atoms with Crippen LogP contribution in [0.15, 0.2) is 48.5 Å². The predicted octanol–water partition coefficient (Wildman–Crippen LogP) is 3.25. The van der Waals surface area contributed by atoms with E-state index in [4.69, 9.17) is 10.00 Å². The second-order valence-electron chi connectivity index (χ2n) is 6.11. The summed E-state index contributed by atoms with van der Waals surface area (Å²) in [5.41, 5.74) is 4.36. The molecular formula is C20H23N3O. The fraction of sp³-hybridized carbons (Fsp3) is 0.350. The van der Waals surface area contributed by atoms with E-state index in [1.165, 1.54) is 11.3 Å². The second kappa shape index (κ2) is 7.96. The van der Waals surface area contributed by atoms with Gasteiger partial charge in [-0.15, -0.1) is 0 Å². The molecule has 0 aliphatic carbocycles. The molecule has 1 heterocycles. The summed E-state index contributed by atoms with van der Waals surface area (Å²) in [7, 11) is 0. The van der Waals surface area contributed by atoms with Crippen molar-refractivity contribution in [3.63, 3.8) is 0 Å². The minimum absolute atomic E-state index is 0.259. The monoisotopic (exact) mass is 321 g/mol. The minimum Gasteiger partial charge on any atom is -0.378 e. The number of hydrogen-bond acceptors (Lipinski definition) is 4. The lowest BCUT2D eigenvalue weighted by molar-refractivity contribution is 0.122. The van der Waals surface area contributed by atoms with Crippen LogP contribution < -0.4 is 10.2 Å². The molecule has 1 fully saturated rings. The van der Waals surface area contributed by atoms with Crippen molar-refractivity contribution in [2.24, 2.45) is 0 Å². The third-order valence-corrected chi connectivity index (χ3v) is 4.44. The van der Waals surface area contributed by atoms with Gasteiger partial charge < -0.3 is 15.0 Å². The Morgan fingerprint density at radius 1 is 1.17 bits per heavy atom. The number of morpholine rings is 1. The van der Waals surface area contributed by atoms with Crippen LogP contribution in [0.1, 0.15) is 29.7 Å². The van der Waals surface area contributed by atoms with Gasteiger partial charge in [0.25, 0.3) is 0 Å². The molecule has 24 heavy (non-hydrogen) atoms. The number of anilines is 1. The molecule has 0 bridgehead atoms. The van der Waals surface area contributed by atoms with Gasteiger partial charge in [-0.05, 0) is 42.3 Å². The van der Waals surface area contributed by atoms with Gasteiger partial charge in [-0.3, -0.25) is 0 Å². The lowest BCUT2D eigenvalue weighted by Crippen LogP contribution is -2.36. The maximum atomic E-state index is 8.97. The molecule has 1 N–H and O–H groups in total. The van der Waals surface area contributed by atoms with E-state index in [9.17, 15) is 0 Å². The average Bonchev–Trinajstić information content (AvgIpc) is 2.67. The van der Waals surface area contributed by atoms with Crippen molar-refractivity contribution < 1.29 is 4.74 Å². The summed E-state index contributed by atoms with van der Waals surface area (Å²) in [4.78, 5) is 2.36. The van der Waals surface area contributed by atoms with Crippen molar-refractivity contribution in [2.75, 3.05) is 31.2 Å². The normalized spacial score (nSPS) is 15.8. The first-order valence-electron chi connectivity index (χ1n) is 8.41. The fourth-order valence-electron chi connectivity index (χ4n) is 2.93. The van der Waals surface area contributed by atoms with Gasteiger partial charge in [0.05, 0.1) is 24.8 Å². The Morgan fingerprint density at radius 3 is 2.62 bits per heavy atom. The van der Waals surface area contributed by atoms with Gasteiger partial charge in [-0.2, -0.15) is 5.26 Å². The Hall–Kier alpha value is -2.35. The van der Waals surface area contributed by atoms with Crippen molar-refractivity contribution in [3.8, 4) is 6.07 Å². The number of hydrogen-bond donors (Lipinski definition) is 1. The molecule has 0 spiro atoms. The van der Waals surface area contributed by atoms with Gasteiger partial charge in [-0.25, -0.2) is 0 Å². The Kier molecular flexibility index (Phi) is 5.47. The third kappa shape index (κ3) is 4.14. The molecule has 0 saturated carbocycles. The SMILES string of the molecule is CC(NCc1cccc(C#N)c1)c1ccc(N2CCOCC2)cc1. The number of nitriles is 1. The quantitative estimate of drug-likeness (QED) is 0.918. The highest BCUT2D eigenvalue weighted by molar-refractivity contribution is 5.48. The molecule has 124 valence electrons. The van der Waals surface area contributed by atoms with E-state index in [1.54, 1.807) is 0 Å². The van der Waals surface area contributed by atoms with Gasteiger partial charge in [0, 0.05) is 31.4 Å². The largest absolute Gasteiger partial charge is 0.378 e. The molecule has 4 heteroatoms. The van der Waals surface area contributed by atoms with E-state index in [-0.39, 0.29) is 6.04 Å². The average molecular weight is 321 g/mol. The van der Waals surface area contributed by atoms with Crippen molar-refractivity contribution in [1.82, 2.24) is 5.32 Å². The van der Waals surface area contributed by atoms with Gasteiger partial charge in [0.1, 0.15) is 0 Å². The summed E-state index contributed by atoms with van der Waals surface area (Å²) in [5, 5.41) is 12.5. The molecule has 1 aliphatic rings. The molecule has 2 aromatic carbocycles. The second-order valence-corrected chi connectivity index (χ2v) is 6.11. The summed E-state index contributed by atoms with van der Waals surface area (Å²) in [6.45, 7) is 6.45. The number of nitrogens with one attached hydrogen (secondary N) is 1. The molecule has 0 aromatic heterocycles. The maximum Gasteiger partial charge on any atom is 0.0991 e. The standard InChI is InChI=1S/C20H23N3O/c1-16(22-15-18-4-2-3-17(13-18)14-21)19-5-7-20(8-6-19)23-9-11-24-12-10-23/h2-8,13,16,22H,9-12,15H2,1H3. The molecule has 1 aliphatic heterocycles. The van der Waals surface area contributed by atoms with Crippen molar-refractivity contribution >= 4 is 5.69 Å². The zero-order chi connectivity index (χ0) is 16.8. The molecule has 1 saturated heterocycles. The van der Waals surface area contributed by atoms with Crippen LogP contribution in [-0.2, 0) is 11.3 Å². The molecular weight excluding hydrogens is 298 g/mol. The van der Waals surface area contributed by atoms with E-state index < -0.39 is 0 Å². The van der Waals surface area contributed by atoms with Crippen LogP contribution in [0.2, 0.25) is 0 Å². The number of nitrogens with zero attached hydrogens (tertiary/aromatic N) is 2. The highest BCUT2D eigenvalue weighted by Gasteiger charge is 2.12. The van der Waals surface area contributed by atoms with Crippen molar-refractivity contribution in [1.29, 1.82) is 5.26 Å². The Morgan fingerprint density at radius 2 is 1.92 bits per heavy atom. The number of rotatable bonds is 5. The summed E-state index contributed by atoms with van der Waals surface area (Å²) >= 11 is 0. The summed E-state index contributed by atoms with van der Waals surface area (Å²) in [5.74, 6) is 0. The summed E-state index contributed by atoms with van der Waals surface area (Å²) < 4.78 is 5.40. The summed E-state index contributed by atoms with van der Waals surface area (Å²) in [6, 6.07) is 18.9. The van der Waals surface area contributed by atoms with Gasteiger partial charge in [0.15, 0.2) is 0 Å². The smallest absolute Gasteiger partial charge is 0.0991 e. The minimum atomic E-state index is 0.259. The van der Waals surface area contributed by atoms with E-state index >= 15 is 0 Å². The molecule has 4 nitrogen and oxygen atoms in total. The van der Waals surface area contributed by atoms with Crippen LogP contribution in [0, 0.1) is 11.3 Å². The van der Waals surface area contributed by atoms with Gasteiger partial charge >= 0.3 is 0 Å². The molecule has 3 rings (SSSR count). The van der Waals surface area contributed by atoms with Crippen molar-refractivity contribution in [3.05, 3.63) is 65.2 Å². The van der Waals surface area contributed by atoms with Crippen LogP contribution in [0.5, 0.6) is 0 Å². The Bertz CT molecular complexity index is 700. The lowest BCUT2D eigenvalue weighted by Gasteiger charge is -2.29. The summed E-state index contributed by atoms with van der Waals surface area (Å²) in [6.07, 6.45) is 0. The molecule has 1 atom stereocenters. The van der Waals surface area contributed by atoms with Crippen molar-refractivity contribution in [2.45, 2.75) is 19.5 Å². The maximum absolute atomic E-state index is 8.97. The highest BCUT2D eigenvalue weighted by Crippen LogP contribution is 2.20. The first-order chi connectivity index (χ1) is 11.8. The van der Waals surface area contributed by atoms with Crippen LogP contribution in [0.3, 0.4) is 0 Å². The molecule has 2 aromatic rings. The van der Waals surface area contributed by atoms with E-state index in [2.05, 4.69) is 47.5 Å². The van der Waals surface area contributed by atoms with E-state index in [0.29, 0.717) is 5.56 Å². The first kappa shape index (κ1) is 16.5.